The van der Waals surface area contributed by atoms with Crippen LogP contribution in [-0.4, -0.2) is 39.0 Å². The second kappa shape index (κ2) is 7.72. The van der Waals surface area contributed by atoms with Crippen molar-refractivity contribution in [3.05, 3.63) is 29.8 Å². The summed E-state index contributed by atoms with van der Waals surface area (Å²) in [7, 11) is -2.96. The van der Waals surface area contributed by atoms with Crippen LogP contribution in [0.1, 0.15) is 18.4 Å². The van der Waals surface area contributed by atoms with Crippen LogP contribution < -0.4 is 10.1 Å². The summed E-state index contributed by atoms with van der Waals surface area (Å²) in [6.07, 6.45) is 1.32. The van der Waals surface area contributed by atoms with Gasteiger partial charge in [-0.3, -0.25) is 4.79 Å². The summed E-state index contributed by atoms with van der Waals surface area (Å²) in [5.41, 5.74) is 0.885. The summed E-state index contributed by atoms with van der Waals surface area (Å²) in [5, 5.41) is 2.75. The fourth-order valence-corrected chi connectivity index (χ4v) is 4.41. The molecule has 0 spiro atoms. The molecular weight excluding hydrogens is 328 g/mol. The van der Waals surface area contributed by atoms with Crippen molar-refractivity contribution in [2.24, 2.45) is 5.92 Å². The number of sulfone groups is 1. The Hall–Kier alpha value is -1.70. The minimum atomic E-state index is -2.96. The molecule has 0 aromatic heterocycles. The van der Waals surface area contributed by atoms with Crippen LogP contribution in [0.5, 0.6) is 5.75 Å². The van der Waals surface area contributed by atoms with Crippen molar-refractivity contribution in [1.29, 1.82) is 0 Å². The van der Waals surface area contributed by atoms with E-state index in [9.17, 15) is 22.0 Å². The number of benzene rings is 1. The molecule has 0 saturated carbocycles. The van der Waals surface area contributed by atoms with Gasteiger partial charge in [0.25, 0.3) is 0 Å². The number of alkyl halides is 2. The van der Waals surface area contributed by atoms with E-state index in [1.54, 1.807) is 12.1 Å². The van der Waals surface area contributed by atoms with Gasteiger partial charge in [0, 0.05) is 13.0 Å². The van der Waals surface area contributed by atoms with E-state index in [0.717, 1.165) is 5.56 Å². The zero-order valence-corrected chi connectivity index (χ0v) is 13.3. The monoisotopic (exact) mass is 347 g/mol. The molecule has 5 nitrogen and oxygen atoms in total. The Kier molecular flexibility index (Phi) is 5.92. The molecule has 23 heavy (non-hydrogen) atoms. The van der Waals surface area contributed by atoms with Crippen molar-refractivity contribution in [2.75, 3.05) is 18.1 Å². The number of carbonyl (C=O) groups excluding carboxylic acids is 1. The number of hydrogen-bond acceptors (Lipinski definition) is 4. The van der Waals surface area contributed by atoms with Crippen LogP contribution in [0.4, 0.5) is 8.78 Å². The number of amides is 1. The molecule has 128 valence electrons. The molecule has 1 heterocycles. The average Bonchev–Trinajstić information content (AvgIpc) is 2.79. The van der Waals surface area contributed by atoms with Crippen LogP contribution in [0.15, 0.2) is 24.3 Å². The predicted octanol–water partition coefficient (Wildman–Crippen LogP) is 1.77. The lowest BCUT2D eigenvalue weighted by Gasteiger charge is -2.09. The average molecular weight is 347 g/mol. The molecular formula is C15H19F2NO4S. The van der Waals surface area contributed by atoms with Gasteiger partial charge in [-0.05, 0) is 36.5 Å². The zero-order chi connectivity index (χ0) is 16.9. The summed E-state index contributed by atoms with van der Waals surface area (Å²) in [4.78, 5) is 11.8. The van der Waals surface area contributed by atoms with Crippen molar-refractivity contribution >= 4 is 15.7 Å². The highest BCUT2D eigenvalue weighted by Gasteiger charge is 2.29. The van der Waals surface area contributed by atoms with Crippen LogP contribution in [0.3, 0.4) is 0 Å². The lowest BCUT2D eigenvalue weighted by atomic mass is 10.0. The Morgan fingerprint density at radius 3 is 2.57 bits per heavy atom. The first-order chi connectivity index (χ1) is 10.8. The van der Waals surface area contributed by atoms with Gasteiger partial charge in [0.2, 0.25) is 5.91 Å². The first-order valence-electron chi connectivity index (χ1n) is 7.35. The maximum atomic E-state index is 12.0. The van der Waals surface area contributed by atoms with Crippen molar-refractivity contribution in [3.8, 4) is 5.75 Å². The molecule has 8 heteroatoms. The van der Waals surface area contributed by atoms with Gasteiger partial charge in [0.1, 0.15) is 5.75 Å². The van der Waals surface area contributed by atoms with Gasteiger partial charge in [0.15, 0.2) is 9.84 Å². The van der Waals surface area contributed by atoms with Gasteiger partial charge in [-0.15, -0.1) is 0 Å². The number of halogens is 2. The van der Waals surface area contributed by atoms with Crippen LogP contribution in [0.2, 0.25) is 0 Å². The Balaban J connectivity index is 1.69. The van der Waals surface area contributed by atoms with Crippen LogP contribution >= 0.6 is 0 Å². The van der Waals surface area contributed by atoms with E-state index in [2.05, 4.69) is 10.1 Å². The molecule has 1 atom stereocenters. The van der Waals surface area contributed by atoms with Crippen molar-refractivity contribution in [1.82, 2.24) is 5.32 Å². The fraction of sp³-hybridized carbons (Fsp3) is 0.533. The quantitative estimate of drug-likeness (QED) is 0.816. The third kappa shape index (κ3) is 6.13. The lowest BCUT2D eigenvalue weighted by Crippen LogP contribution is -2.27. The number of carbonyl (C=O) groups is 1. The Morgan fingerprint density at radius 2 is 2.00 bits per heavy atom. The molecule has 1 aromatic carbocycles. The maximum Gasteiger partial charge on any atom is 0.387 e. The molecule has 0 bridgehead atoms. The van der Waals surface area contributed by atoms with Gasteiger partial charge in [-0.2, -0.15) is 8.78 Å². The molecule has 0 aliphatic carbocycles. The SMILES string of the molecule is O=C(CC1CCS(=O)(=O)C1)NCCc1ccc(OC(F)F)cc1. The van der Waals surface area contributed by atoms with Crippen molar-refractivity contribution < 1.29 is 26.7 Å². The minimum Gasteiger partial charge on any atom is -0.435 e. The van der Waals surface area contributed by atoms with Gasteiger partial charge >= 0.3 is 6.61 Å². The van der Waals surface area contributed by atoms with Gasteiger partial charge in [-0.1, -0.05) is 12.1 Å². The largest absolute Gasteiger partial charge is 0.435 e. The Morgan fingerprint density at radius 1 is 1.30 bits per heavy atom. The summed E-state index contributed by atoms with van der Waals surface area (Å²) in [6.45, 7) is -2.44. The summed E-state index contributed by atoms with van der Waals surface area (Å²) < 4.78 is 50.9. The molecule has 1 saturated heterocycles. The van der Waals surface area contributed by atoms with Gasteiger partial charge < -0.3 is 10.1 Å². The van der Waals surface area contributed by atoms with Gasteiger partial charge in [-0.25, -0.2) is 8.42 Å². The van der Waals surface area contributed by atoms with E-state index in [4.69, 9.17) is 0 Å². The van der Waals surface area contributed by atoms with Crippen molar-refractivity contribution in [2.45, 2.75) is 25.9 Å². The van der Waals surface area contributed by atoms with Crippen LogP contribution in [0.25, 0.3) is 0 Å². The topological polar surface area (TPSA) is 72.5 Å². The molecule has 1 fully saturated rings. The second-order valence-electron chi connectivity index (χ2n) is 5.60. The van der Waals surface area contributed by atoms with E-state index in [-0.39, 0.29) is 35.5 Å². The summed E-state index contributed by atoms with van der Waals surface area (Å²) in [6, 6.07) is 6.22. The molecule has 1 amide bonds. The predicted molar refractivity (Wildman–Crippen MR) is 81.2 cm³/mol. The molecule has 1 N–H and O–H groups in total. The standard InChI is InChI=1S/C15H19F2NO4S/c16-15(17)22-13-3-1-11(2-4-13)5-7-18-14(19)9-12-6-8-23(20,21)10-12/h1-4,12,15H,5-10H2,(H,18,19). The number of nitrogens with one attached hydrogen (secondary N) is 1. The van der Waals surface area contributed by atoms with E-state index in [1.807, 2.05) is 0 Å². The molecule has 0 radical (unpaired) electrons. The lowest BCUT2D eigenvalue weighted by molar-refractivity contribution is -0.121. The smallest absolute Gasteiger partial charge is 0.387 e. The number of ether oxygens (including phenoxy) is 1. The van der Waals surface area contributed by atoms with E-state index >= 15 is 0 Å². The number of rotatable bonds is 7. The van der Waals surface area contributed by atoms with E-state index in [0.29, 0.717) is 19.4 Å². The Labute approximate surface area is 133 Å². The highest BCUT2D eigenvalue weighted by molar-refractivity contribution is 7.91. The molecule has 1 aliphatic heterocycles. The van der Waals surface area contributed by atoms with E-state index in [1.165, 1.54) is 12.1 Å². The zero-order valence-electron chi connectivity index (χ0n) is 12.5. The minimum absolute atomic E-state index is 0.0893. The highest BCUT2D eigenvalue weighted by atomic mass is 32.2. The second-order valence-corrected chi connectivity index (χ2v) is 7.82. The maximum absolute atomic E-state index is 12.0. The van der Waals surface area contributed by atoms with E-state index < -0.39 is 16.4 Å². The third-order valence-corrected chi connectivity index (χ3v) is 5.52. The van der Waals surface area contributed by atoms with Crippen LogP contribution in [-0.2, 0) is 21.1 Å². The Bertz CT molecular complexity index is 631. The van der Waals surface area contributed by atoms with Gasteiger partial charge in [0.05, 0.1) is 11.5 Å². The van der Waals surface area contributed by atoms with Crippen molar-refractivity contribution in [3.63, 3.8) is 0 Å². The molecule has 1 aliphatic rings. The summed E-state index contributed by atoms with van der Waals surface area (Å²) >= 11 is 0. The molecule has 2 rings (SSSR count). The van der Waals surface area contributed by atoms with Crippen LogP contribution in [0, 0.1) is 5.92 Å². The molecule has 1 unspecified atom stereocenters. The first-order valence-corrected chi connectivity index (χ1v) is 9.17. The fourth-order valence-electron chi connectivity index (χ4n) is 2.55. The first kappa shape index (κ1) is 17.7. The highest BCUT2D eigenvalue weighted by Crippen LogP contribution is 2.21. The molecule has 1 aromatic rings. The third-order valence-electron chi connectivity index (χ3n) is 3.69. The normalized spacial score (nSPS) is 19.7. The summed E-state index contributed by atoms with van der Waals surface area (Å²) in [5.74, 6) is 0.0926. The number of hydrogen-bond donors (Lipinski definition) is 1.